The average molecular weight is 462 g/mol. The Morgan fingerprint density at radius 2 is 1.97 bits per heavy atom. The molecule has 0 amide bonds. The van der Waals surface area contributed by atoms with E-state index in [2.05, 4.69) is 4.98 Å². The van der Waals surface area contributed by atoms with Gasteiger partial charge in [-0.2, -0.15) is 0 Å². The Kier molecular flexibility index (Phi) is 7.99. The number of ether oxygens (including phenoxy) is 5. The molecule has 0 saturated carbocycles. The zero-order chi connectivity index (χ0) is 24.1. The fourth-order valence-electron chi connectivity index (χ4n) is 3.97. The van der Waals surface area contributed by atoms with E-state index in [-0.39, 0.29) is 30.8 Å². The third-order valence-corrected chi connectivity index (χ3v) is 5.69. The van der Waals surface area contributed by atoms with Crippen molar-refractivity contribution in [1.29, 1.82) is 0 Å². The summed E-state index contributed by atoms with van der Waals surface area (Å²) in [6.07, 6.45) is 0.719. The maximum atomic E-state index is 12.8. The Hall–Kier alpha value is -3.04. The molecule has 9 nitrogen and oxygen atoms in total. The molecule has 0 unspecified atom stereocenters. The van der Waals surface area contributed by atoms with Gasteiger partial charge in [0.05, 0.1) is 32.6 Å². The number of aromatic amines is 1. The van der Waals surface area contributed by atoms with Gasteiger partial charge in [0.15, 0.2) is 5.56 Å². The second kappa shape index (κ2) is 10.7. The van der Waals surface area contributed by atoms with E-state index in [9.17, 15) is 14.7 Å². The molecule has 1 aromatic carbocycles. The Labute approximate surface area is 192 Å². The van der Waals surface area contributed by atoms with Crippen LogP contribution in [0.15, 0.2) is 16.9 Å². The maximum absolute atomic E-state index is 12.8. The smallest absolute Gasteiger partial charge is 0.347 e. The molecule has 9 heteroatoms. The van der Waals surface area contributed by atoms with Crippen molar-refractivity contribution in [3.05, 3.63) is 39.2 Å². The van der Waals surface area contributed by atoms with Crippen LogP contribution in [0.2, 0.25) is 0 Å². The minimum Gasteiger partial charge on any atom is -0.506 e. The number of carbonyl (C=O) groups excluding carboxylic acids is 1. The van der Waals surface area contributed by atoms with Crippen LogP contribution < -0.4 is 15.0 Å². The lowest BCUT2D eigenvalue weighted by Gasteiger charge is -2.22. The number of fused-ring (bicyclic) bond motifs is 3. The quantitative estimate of drug-likeness (QED) is 0.432. The van der Waals surface area contributed by atoms with Gasteiger partial charge in [-0.1, -0.05) is 13.8 Å². The molecule has 1 atom stereocenters. The van der Waals surface area contributed by atoms with Crippen LogP contribution in [-0.2, 0) is 20.8 Å². The highest BCUT2D eigenvalue weighted by Crippen LogP contribution is 2.46. The molecule has 0 radical (unpaired) electrons. The van der Waals surface area contributed by atoms with Gasteiger partial charge in [-0.05, 0) is 12.0 Å². The lowest BCUT2D eigenvalue weighted by Crippen LogP contribution is -2.23. The van der Waals surface area contributed by atoms with Crippen molar-refractivity contribution in [2.45, 2.75) is 32.8 Å². The Morgan fingerprint density at radius 1 is 1.21 bits per heavy atom. The second-order valence-electron chi connectivity index (χ2n) is 8.20. The van der Waals surface area contributed by atoms with E-state index < -0.39 is 17.1 Å². The Morgan fingerprint density at radius 3 is 2.61 bits per heavy atom. The second-order valence-corrected chi connectivity index (χ2v) is 8.20. The lowest BCUT2D eigenvalue weighted by atomic mass is 9.85. The summed E-state index contributed by atoms with van der Waals surface area (Å²) in [5, 5.41) is 11.0. The molecular formula is C24H31NO8. The van der Waals surface area contributed by atoms with Crippen molar-refractivity contribution < 1.29 is 33.6 Å². The van der Waals surface area contributed by atoms with Crippen LogP contribution >= 0.6 is 0 Å². The monoisotopic (exact) mass is 461 g/mol. The summed E-state index contributed by atoms with van der Waals surface area (Å²) in [4.78, 5) is 27.8. The van der Waals surface area contributed by atoms with Crippen LogP contribution in [0, 0.1) is 5.92 Å². The first kappa shape index (κ1) is 24.6. The van der Waals surface area contributed by atoms with E-state index in [0.717, 1.165) is 19.1 Å². The van der Waals surface area contributed by atoms with Crippen LogP contribution in [0.3, 0.4) is 0 Å². The van der Waals surface area contributed by atoms with Crippen molar-refractivity contribution in [2.24, 2.45) is 5.92 Å². The molecule has 1 aromatic heterocycles. The van der Waals surface area contributed by atoms with Gasteiger partial charge < -0.3 is 33.8 Å². The van der Waals surface area contributed by atoms with Gasteiger partial charge >= 0.3 is 5.97 Å². The van der Waals surface area contributed by atoms with E-state index >= 15 is 0 Å². The Balaban J connectivity index is 2.21. The number of H-pyrrole nitrogens is 1. The fraction of sp³-hybridized carbons (Fsp3) is 0.500. The molecule has 2 N–H and O–H groups in total. The summed E-state index contributed by atoms with van der Waals surface area (Å²) in [6, 6.07) is 3.59. The molecule has 180 valence electrons. The molecule has 1 aliphatic heterocycles. The molecule has 2 aromatic rings. The molecule has 0 spiro atoms. The highest BCUT2D eigenvalue weighted by Gasteiger charge is 2.34. The van der Waals surface area contributed by atoms with Crippen LogP contribution in [0.1, 0.15) is 47.7 Å². The van der Waals surface area contributed by atoms with Gasteiger partial charge in [0.2, 0.25) is 0 Å². The molecule has 33 heavy (non-hydrogen) atoms. The average Bonchev–Trinajstić information content (AvgIpc) is 2.93. The summed E-state index contributed by atoms with van der Waals surface area (Å²) < 4.78 is 27.2. The highest BCUT2D eigenvalue weighted by atomic mass is 16.5. The van der Waals surface area contributed by atoms with Gasteiger partial charge in [-0.25, -0.2) is 4.79 Å². The highest BCUT2D eigenvalue weighted by molar-refractivity contribution is 5.94. The van der Waals surface area contributed by atoms with Crippen molar-refractivity contribution in [1.82, 2.24) is 4.98 Å². The molecule has 0 aliphatic carbocycles. The molecule has 2 heterocycles. The molecule has 1 aliphatic rings. The van der Waals surface area contributed by atoms with Crippen LogP contribution in [-0.4, -0.2) is 57.2 Å². The summed E-state index contributed by atoms with van der Waals surface area (Å²) in [6.45, 7) is 5.51. The number of hydrogen-bond acceptors (Lipinski definition) is 8. The third-order valence-electron chi connectivity index (χ3n) is 5.69. The number of rotatable bonds is 9. The molecule has 0 saturated heterocycles. The van der Waals surface area contributed by atoms with E-state index in [1.165, 1.54) is 0 Å². The van der Waals surface area contributed by atoms with E-state index in [1.54, 1.807) is 20.3 Å². The minimum absolute atomic E-state index is 0.0450. The van der Waals surface area contributed by atoms with Gasteiger partial charge in [0, 0.05) is 55.9 Å². The number of esters is 1. The van der Waals surface area contributed by atoms with Crippen molar-refractivity contribution in [3.63, 3.8) is 0 Å². The maximum Gasteiger partial charge on any atom is 0.347 e. The number of hydrogen-bond donors (Lipinski definition) is 2. The van der Waals surface area contributed by atoms with E-state index in [4.69, 9.17) is 23.7 Å². The largest absolute Gasteiger partial charge is 0.506 e. The predicted molar refractivity (Wildman–Crippen MR) is 121 cm³/mol. The number of methoxy groups -OCH3 is 3. The number of aromatic hydroxyl groups is 1. The van der Waals surface area contributed by atoms with Gasteiger partial charge in [0.25, 0.3) is 5.56 Å². The lowest BCUT2D eigenvalue weighted by molar-refractivity contribution is 0.0594. The third kappa shape index (κ3) is 4.99. The Bertz CT molecular complexity index is 1060. The molecular weight excluding hydrogens is 430 g/mol. The van der Waals surface area contributed by atoms with E-state index in [1.807, 2.05) is 19.9 Å². The number of carbonyl (C=O) groups is 1. The van der Waals surface area contributed by atoms with Crippen molar-refractivity contribution >= 4 is 5.97 Å². The van der Waals surface area contributed by atoms with Crippen LogP contribution in [0.25, 0.3) is 11.3 Å². The van der Waals surface area contributed by atoms with Crippen LogP contribution in [0.5, 0.6) is 17.2 Å². The molecule has 0 bridgehead atoms. The number of aromatic nitrogens is 1. The van der Waals surface area contributed by atoms with Gasteiger partial charge in [0.1, 0.15) is 17.2 Å². The number of benzene rings is 1. The normalized spacial score (nSPS) is 14.8. The van der Waals surface area contributed by atoms with Crippen molar-refractivity contribution in [2.75, 3.05) is 41.2 Å². The molecule has 0 fully saturated rings. The number of pyridine rings is 1. The standard InChI is InChI=1S/C24H31NO8/c1-13(2)16-12-33-18-10-17(32-8-6-7-29-3)14(11-30-4)9-15(18)21-19(16)22(26)20(23(27)25-21)24(28)31-5/h9-10,13,16H,6-8,11-12H2,1-5H3,(H2,25,26,27)/t16-/m0/s1. The first-order valence-corrected chi connectivity index (χ1v) is 10.8. The SMILES string of the molecule is COCCCOc1cc2c(cc1COC)-c1[nH]c(=O)c(C(=O)OC)c(O)c1[C@H](C(C)C)CO2. The summed E-state index contributed by atoms with van der Waals surface area (Å²) in [7, 11) is 4.38. The van der Waals surface area contributed by atoms with E-state index in [0.29, 0.717) is 41.5 Å². The minimum atomic E-state index is -0.899. The predicted octanol–water partition coefficient (Wildman–Crippen LogP) is 3.23. The zero-order valence-electron chi connectivity index (χ0n) is 19.6. The zero-order valence-corrected chi connectivity index (χ0v) is 19.6. The first-order valence-electron chi connectivity index (χ1n) is 10.8. The summed E-state index contributed by atoms with van der Waals surface area (Å²) in [5.74, 6) is -0.419. The van der Waals surface area contributed by atoms with Crippen LogP contribution in [0.4, 0.5) is 0 Å². The first-order chi connectivity index (χ1) is 15.8. The summed E-state index contributed by atoms with van der Waals surface area (Å²) in [5.41, 5.74) is 1.03. The fourth-order valence-corrected chi connectivity index (χ4v) is 3.97. The number of nitrogens with one attached hydrogen (secondary N) is 1. The van der Waals surface area contributed by atoms with Gasteiger partial charge in [-0.3, -0.25) is 4.79 Å². The molecule has 3 rings (SSSR count). The topological polar surface area (TPSA) is 116 Å². The summed E-state index contributed by atoms with van der Waals surface area (Å²) >= 11 is 0. The van der Waals surface area contributed by atoms with Gasteiger partial charge in [-0.15, -0.1) is 0 Å². The van der Waals surface area contributed by atoms with Crippen molar-refractivity contribution in [3.8, 4) is 28.5 Å².